The van der Waals surface area contributed by atoms with Gasteiger partial charge in [0.25, 0.3) is 0 Å². The Hall–Kier alpha value is -3.85. The fourth-order valence-electron chi connectivity index (χ4n) is 4.19. The van der Waals surface area contributed by atoms with E-state index in [1.165, 1.54) is 39.0 Å². The number of carbonyl (C=O) groups is 5. The Morgan fingerprint density at radius 3 is 2.46 bits per heavy atom. The van der Waals surface area contributed by atoms with E-state index in [4.69, 9.17) is 4.74 Å². The molecule has 196 valence electrons. The second-order valence-electron chi connectivity index (χ2n) is 9.35. The second kappa shape index (κ2) is 11.5. The second-order valence-corrected chi connectivity index (χ2v) is 9.35. The highest BCUT2D eigenvalue weighted by molar-refractivity contribution is 6.28. The number of ketones is 3. The van der Waals surface area contributed by atoms with E-state index in [0.29, 0.717) is 12.8 Å². The maximum atomic E-state index is 13.2. The van der Waals surface area contributed by atoms with Crippen LogP contribution in [-0.2, 0) is 14.3 Å². The van der Waals surface area contributed by atoms with Gasteiger partial charge >= 0.3 is 5.97 Å². The van der Waals surface area contributed by atoms with Crippen molar-refractivity contribution in [2.45, 2.75) is 65.6 Å². The molecular formula is C28H31NO8. The Morgan fingerprint density at radius 2 is 1.78 bits per heavy atom. The number of hydrogen-bond acceptors (Lipinski definition) is 8. The van der Waals surface area contributed by atoms with Crippen molar-refractivity contribution < 1.29 is 38.9 Å². The number of esters is 1. The Labute approximate surface area is 214 Å². The minimum Gasteiger partial charge on any atom is -0.507 e. The number of benzene rings is 1. The highest BCUT2D eigenvalue weighted by Crippen LogP contribution is 2.34. The van der Waals surface area contributed by atoms with Crippen LogP contribution in [0.1, 0.15) is 83.1 Å². The van der Waals surface area contributed by atoms with Crippen molar-refractivity contribution in [2.75, 3.05) is 0 Å². The number of phenolic OH excluding ortho intramolecular Hbond substituents is 1. The molecule has 0 unspecified atom stereocenters. The number of aromatic hydroxyl groups is 1. The van der Waals surface area contributed by atoms with E-state index in [9.17, 15) is 34.2 Å². The normalized spacial score (nSPS) is 26.1. The number of aliphatic hydroxyl groups is 1. The predicted octanol–water partition coefficient (Wildman–Crippen LogP) is 3.27. The van der Waals surface area contributed by atoms with Crippen molar-refractivity contribution in [1.82, 2.24) is 5.32 Å². The quantitative estimate of drug-likeness (QED) is 0.386. The summed E-state index contributed by atoms with van der Waals surface area (Å²) in [6, 6.07) is 1.33. The molecule has 1 aromatic carbocycles. The lowest BCUT2D eigenvalue weighted by atomic mass is 9.84. The van der Waals surface area contributed by atoms with Crippen LogP contribution in [0, 0.1) is 12.8 Å². The van der Waals surface area contributed by atoms with Crippen molar-refractivity contribution >= 4 is 29.2 Å². The van der Waals surface area contributed by atoms with Crippen LogP contribution in [0.15, 0.2) is 41.6 Å². The van der Waals surface area contributed by atoms with Crippen molar-refractivity contribution in [3.63, 3.8) is 0 Å². The number of rotatable bonds is 1. The van der Waals surface area contributed by atoms with E-state index < -0.39 is 41.4 Å². The first kappa shape index (κ1) is 27.7. The SMILES string of the molecule is CC[C@H]1/C=C\[C@H](O)[C@H](C)OC(=O)/C(C)=C\CC(=O)NC2=CC(=O)c3c(cc(C)c(O)c3C(=O)CC1)C2=O. The van der Waals surface area contributed by atoms with Crippen molar-refractivity contribution in [3.05, 3.63) is 63.9 Å². The van der Waals surface area contributed by atoms with Crippen LogP contribution in [0.5, 0.6) is 5.75 Å². The number of fused-ring (bicyclic) bond motifs is 13. The zero-order chi connectivity index (χ0) is 27.4. The molecule has 1 aliphatic carbocycles. The van der Waals surface area contributed by atoms with Crippen LogP contribution < -0.4 is 5.32 Å². The molecule has 0 saturated heterocycles. The predicted molar refractivity (Wildman–Crippen MR) is 134 cm³/mol. The van der Waals surface area contributed by atoms with E-state index >= 15 is 0 Å². The summed E-state index contributed by atoms with van der Waals surface area (Å²) in [7, 11) is 0. The molecule has 2 aliphatic heterocycles. The average molecular weight is 510 g/mol. The van der Waals surface area contributed by atoms with Crippen LogP contribution in [0.25, 0.3) is 0 Å². The number of carbonyl (C=O) groups excluding carboxylic acids is 5. The first-order valence-corrected chi connectivity index (χ1v) is 12.2. The van der Waals surface area contributed by atoms with Gasteiger partial charge in [0.05, 0.1) is 11.3 Å². The molecule has 0 saturated carbocycles. The third-order valence-corrected chi connectivity index (χ3v) is 6.59. The van der Waals surface area contributed by atoms with Crippen LogP contribution in [0.4, 0.5) is 0 Å². The Kier molecular flexibility index (Phi) is 8.60. The number of aliphatic hydroxyl groups excluding tert-OH is 1. The fraction of sp³-hybridized carbons (Fsp3) is 0.393. The van der Waals surface area contributed by atoms with Gasteiger partial charge in [-0.25, -0.2) is 4.79 Å². The maximum absolute atomic E-state index is 13.2. The van der Waals surface area contributed by atoms with E-state index in [0.717, 1.165) is 6.08 Å². The third-order valence-electron chi connectivity index (χ3n) is 6.59. The molecule has 9 heteroatoms. The van der Waals surface area contributed by atoms with Crippen LogP contribution >= 0.6 is 0 Å². The standard InChI is InChI=1S/C28H31NO8/c1-5-17-7-9-20(30)16(4)37-28(36)14(2)6-11-23(33)29-19-13-22(32)24-18(27(19)35)12-15(3)26(34)25(24)21(31)10-8-17/h6-7,9,12-13,16-17,20,30,34H,5,8,10-11H2,1-4H3,(H,29,33)/b9-7-,14-6-/t16-,17-,20-/m0/s1. The molecule has 4 rings (SSSR count). The summed E-state index contributed by atoms with van der Waals surface area (Å²) in [6.45, 7) is 6.43. The minimum absolute atomic E-state index is 0.0221. The van der Waals surface area contributed by atoms with Crippen molar-refractivity contribution in [2.24, 2.45) is 5.92 Å². The van der Waals surface area contributed by atoms with E-state index in [2.05, 4.69) is 5.32 Å². The lowest BCUT2D eigenvalue weighted by molar-refractivity contribution is -0.147. The van der Waals surface area contributed by atoms with Gasteiger partial charge in [-0.05, 0) is 51.2 Å². The Morgan fingerprint density at radius 1 is 1.08 bits per heavy atom. The number of amides is 1. The summed E-state index contributed by atoms with van der Waals surface area (Å²) in [5.74, 6) is -3.67. The molecule has 9 nitrogen and oxygen atoms in total. The Balaban J connectivity index is 2.06. The van der Waals surface area contributed by atoms with E-state index in [-0.39, 0.29) is 58.0 Å². The van der Waals surface area contributed by atoms with Gasteiger partial charge in [0.15, 0.2) is 11.6 Å². The van der Waals surface area contributed by atoms with Gasteiger partial charge in [-0.2, -0.15) is 0 Å². The van der Waals surface area contributed by atoms with E-state index in [1.54, 1.807) is 6.08 Å². The zero-order valence-corrected chi connectivity index (χ0v) is 21.3. The number of aryl methyl sites for hydroxylation is 1. The molecule has 0 spiro atoms. The monoisotopic (exact) mass is 509 g/mol. The number of allylic oxidation sites excluding steroid dienone is 3. The van der Waals surface area contributed by atoms with Crippen molar-refractivity contribution in [3.8, 4) is 5.75 Å². The molecule has 3 N–H and O–H groups in total. The molecule has 4 bridgehead atoms. The highest BCUT2D eigenvalue weighted by atomic mass is 16.6. The fourth-order valence-corrected chi connectivity index (χ4v) is 4.19. The summed E-state index contributed by atoms with van der Waals surface area (Å²) < 4.78 is 5.28. The smallest absolute Gasteiger partial charge is 0.333 e. The van der Waals surface area contributed by atoms with Gasteiger partial charge in [0, 0.05) is 35.6 Å². The highest BCUT2D eigenvalue weighted by Gasteiger charge is 2.33. The molecule has 1 amide bonds. The average Bonchev–Trinajstić information content (AvgIpc) is 2.85. The van der Waals surface area contributed by atoms with Crippen molar-refractivity contribution in [1.29, 1.82) is 0 Å². The number of Topliss-reactive ketones (excluding diaryl/α,β-unsaturated/α-hetero) is 2. The van der Waals surface area contributed by atoms with Crippen LogP contribution in [0.3, 0.4) is 0 Å². The minimum atomic E-state index is -1.09. The molecule has 0 fully saturated rings. The summed E-state index contributed by atoms with van der Waals surface area (Å²) in [5.41, 5.74) is -0.339. The number of nitrogens with one attached hydrogen (secondary N) is 1. The first-order valence-electron chi connectivity index (χ1n) is 12.2. The lowest BCUT2D eigenvalue weighted by Gasteiger charge is -2.21. The van der Waals surface area contributed by atoms with Gasteiger partial charge < -0.3 is 20.3 Å². The molecule has 3 aliphatic rings. The van der Waals surface area contributed by atoms with Gasteiger partial charge in [0.1, 0.15) is 18.0 Å². The summed E-state index contributed by atoms with van der Waals surface area (Å²) in [4.78, 5) is 64.2. The molecule has 2 heterocycles. The maximum Gasteiger partial charge on any atom is 0.333 e. The Bertz CT molecular complexity index is 1250. The van der Waals surface area contributed by atoms with Crippen LogP contribution in [-0.4, -0.2) is 51.6 Å². The third kappa shape index (κ3) is 6.11. The summed E-state index contributed by atoms with van der Waals surface area (Å²) in [6.07, 6.45) is 4.26. The lowest BCUT2D eigenvalue weighted by Crippen LogP contribution is -2.32. The summed E-state index contributed by atoms with van der Waals surface area (Å²) >= 11 is 0. The zero-order valence-electron chi connectivity index (χ0n) is 21.3. The number of ether oxygens (including phenoxy) is 1. The molecule has 3 atom stereocenters. The molecule has 37 heavy (non-hydrogen) atoms. The summed E-state index contributed by atoms with van der Waals surface area (Å²) in [5, 5.41) is 23.5. The van der Waals surface area contributed by atoms with Crippen LogP contribution in [0.2, 0.25) is 0 Å². The number of phenols is 1. The van der Waals surface area contributed by atoms with Gasteiger partial charge in [-0.1, -0.05) is 25.2 Å². The first-order chi connectivity index (χ1) is 17.4. The molecule has 0 aromatic heterocycles. The molecular weight excluding hydrogens is 478 g/mol. The van der Waals surface area contributed by atoms with Gasteiger partial charge in [0.2, 0.25) is 11.7 Å². The van der Waals surface area contributed by atoms with Gasteiger partial charge in [-0.3, -0.25) is 19.2 Å². The number of hydrogen-bond donors (Lipinski definition) is 3. The van der Waals surface area contributed by atoms with E-state index in [1.807, 2.05) is 6.92 Å². The van der Waals surface area contributed by atoms with Gasteiger partial charge in [-0.15, -0.1) is 0 Å². The molecule has 1 aromatic rings. The molecule has 0 radical (unpaired) electrons. The largest absolute Gasteiger partial charge is 0.507 e. The topological polar surface area (TPSA) is 147 Å².